The van der Waals surface area contributed by atoms with Crippen LogP contribution in [0.15, 0.2) is 84.4 Å². The Kier molecular flexibility index (Phi) is 7.14. The zero-order chi connectivity index (χ0) is 33.2. The Balaban J connectivity index is 1.48. The van der Waals surface area contributed by atoms with Crippen molar-refractivity contribution in [3.63, 3.8) is 0 Å². The second-order valence-corrected chi connectivity index (χ2v) is 12.5. The molecule has 47 heavy (non-hydrogen) atoms. The first-order chi connectivity index (χ1) is 22.6. The molecule has 3 aromatic rings. The summed E-state index contributed by atoms with van der Waals surface area (Å²) in [6, 6.07) is 21.0. The normalized spacial score (nSPS) is 28.0. The number of benzene rings is 3. The lowest BCUT2D eigenvalue weighted by atomic mass is 9.49. The number of aryl methyl sites for hydroxylation is 1. The van der Waals surface area contributed by atoms with Gasteiger partial charge >= 0.3 is 6.09 Å². The molecule has 0 spiro atoms. The van der Waals surface area contributed by atoms with Gasteiger partial charge in [0, 0.05) is 11.5 Å². The minimum Gasteiger partial charge on any atom is -0.508 e. The zero-order valence-electron chi connectivity index (χ0n) is 26.0. The smallest absolute Gasteiger partial charge is 0.423 e. The van der Waals surface area contributed by atoms with E-state index in [0.717, 1.165) is 17.7 Å². The number of phenols is 1. The molecule has 2 aliphatic carbocycles. The largest absolute Gasteiger partial charge is 0.508 e. The predicted octanol–water partition coefficient (Wildman–Crippen LogP) is 4.46. The molecule has 6 atom stereocenters. The van der Waals surface area contributed by atoms with E-state index in [-0.39, 0.29) is 24.2 Å². The maximum absolute atomic E-state index is 15.1. The molecule has 2 N–H and O–H groups in total. The first-order valence-electron chi connectivity index (χ1n) is 15.4. The maximum atomic E-state index is 15.1. The number of imide groups is 4. The van der Waals surface area contributed by atoms with Gasteiger partial charge in [-0.15, -0.1) is 0 Å². The van der Waals surface area contributed by atoms with Crippen LogP contribution in [0.3, 0.4) is 0 Å². The van der Waals surface area contributed by atoms with Gasteiger partial charge in [-0.2, -0.15) is 9.91 Å². The molecule has 3 fully saturated rings. The summed E-state index contributed by atoms with van der Waals surface area (Å²) in [5.74, 6) is -6.81. The number of carbonyl (C=O) groups is 5. The molecule has 1 saturated carbocycles. The Morgan fingerprint density at radius 2 is 1.62 bits per heavy atom. The van der Waals surface area contributed by atoms with Gasteiger partial charge in [-0.05, 0) is 55.5 Å². The third kappa shape index (κ3) is 4.22. The lowest BCUT2D eigenvalue weighted by Gasteiger charge is -2.50. The number of ether oxygens (including phenoxy) is 2. The average molecular weight is 636 g/mol. The van der Waals surface area contributed by atoms with Crippen LogP contribution in [0.25, 0.3) is 0 Å². The van der Waals surface area contributed by atoms with Crippen LogP contribution in [0.2, 0.25) is 0 Å². The van der Waals surface area contributed by atoms with Gasteiger partial charge in [-0.25, -0.2) is 4.79 Å². The molecule has 0 unspecified atom stereocenters. The Morgan fingerprint density at radius 1 is 0.894 bits per heavy atom. The van der Waals surface area contributed by atoms with Gasteiger partial charge < -0.3 is 14.6 Å². The first kappa shape index (κ1) is 30.2. The van der Waals surface area contributed by atoms with Crippen molar-refractivity contribution in [2.75, 3.05) is 19.6 Å². The summed E-state index contributed by atoms with van der Waals surface area (Å²) in [5, 5.41) is 12.6. The number of nitrogens with one attached hydrogen (secondary N) is 1. The Morgan fingerprint density at radius 3 is 2.30 bits per heavy atom. The zero-order valence-corrected chi connectivity index (χ0v) is 26.0. The van der Waals surface area contributed by atoms with Crippen LogP contribution in [0.4, 0.5) is 10.5 Å². The standard InChI is InChI=1S/C36H33N3O8/c1-19-12-14-21(15-13-19)37-39-32(42)25-18-24-22(16-17-23-28(24)33(43)38(31(23)41)35(45)47-3)30(29-26(40)10-7-11-27(29)46-2)36(25,34(39)44)20-8-5-4-6-9-20/h4-16,23-25,28,30,37,40H,17-18H2,1-3H3/t23-,24+,25-,28-,30+,36+/m0/s1. The molecule has 2 heterocycles. The van der Waals surface area contributed by atoms with Gasteiger partial charge in [-0.1, -0.05) is 65.7 Å². The molecule has 0 aromatic heterocycles. The molecule has 11 nitrogen and oxygen atoms in total. The third-order valence-corrected chi connectivity index (χ3v) is 10.3. The second-order valence-electron chi connectivity index (χ2n) is 12.5. The van der Waals surface area contributed by atoms with Crippen LogP contribution in [0.1, 0.15) is 35.4 Å². The highest BCUT2D eigenvalue weighted by molar-refractivity contribution is 6.16. The van der Waals surface area contributed by atoms with Gasteiger partial charge in [0.1, 0.15) is 11.5 Å². The van der Waals surface area contributed by atoms with E-state index in [0.29, 0.717) is 27.5 Å². The molecule has 2 saturated heterocycles. The lowest BCUT2D eigenvalue weighted by Crippen LogP contribution is -2.53. The number of phenolic OH excluding ortho intramolecular Hbond substituents is 1. The van der Waals surface area contributed by atoms with E-state index in [9.17, 15) is 24.3 Å². The number of fused-ring (bicyclic) bond motifs is 4. The number of amides is 5. The highest BCUT2D eigenvalue weighted by Gasteiger charge is 2.71. The maximum Gasteiger partial charge on any atom is 0.423 e. The van der Waals surface area contributed by atoms with Crippen LogP contribution in [-0.4, -0.2) is 59.0 Å². The Labute approximate surface area is 270 Å². The summed E-state index contributed by atoms with van der Waals surface area (Å²) in [6.07, 6.45) is 0.927. The van der Waals surface area contributed by atoms with Crippen molar-refractivity contribution < 1.29 is 38.6 Å². The number of allylic oxidation sites excluding steroid dienone is 2. The predicted molar refractivity (Wildman–Crippen MR) is 168 cm³/mol. The number of hydrogen-bond acceptors (Lipinski definition) is 9. The van der Waals surface area contributed by atoms with E-state index in [1.165, 1.54) is 13.2 Å². The SMILES string of the molecule is COC(=O)N1C(=O)[C@H]2[C@H](CC=C3[C@H]2C[C@H]2C(=O)N(Nc4ccc(C)cc4)C(=O)[C@@]2(c2ccccc2)[C@H]3c2c(O)cccc2OC)C1=O. The van der Waals surface area contributed by atoms with Gasteiger partial charge in [-0.3, -0.25) is 24.6 Å². The summed E-state index contributed by atoms with van der Waals surface area (Å²) in [7, 11) is 2.55. The molecule has 4 aliphatic rings. The van der Waals surface area contributed by atoms with Crippen molar-refractivity contribution in [1.29, 1.82) is 0 Å². The van der Waals surface area contributed by atoms with Gasteiger partial charge in [0.2, 0.25) is 11.8 Å². The molecule has 5 amide bonds. The van der Waals surface area contributed by atoms with E-state index >= 15 is 4.79 Å². The van der Waals surface area contributed by atoms with Crippen LogP contribution in [0.5, 0.6) is 11.5 Å². The molecule has 240 valence electrons. The van der Waals surface area contributed by atoms with Crippen LogP contribution >= 0.6 is 0 Å². The Bertz CT molecular complexity index is 1860. The summed E-state index contributed by atoms with van der Waals surface area (Å²) in [5.41, 5.74) is 4.45. The molecule has 2 aliphatic heterocycles. The van der Waals surface area contributed by atoms with Gasteiger partial charge in [0.25, 0.3) is 11.8 Å². The molecule has 0 radical (unpaired) electrons. The van der Waals surface area contributed by atoms with Gasteiger partial charge in [0.15, 0.2) is 0 Å². The van der Waals surface area contributed by atoms with Crippen LogP contribution in [0, 0.1) is 30.6 Å². The molecule has 7 rings (SSSR count). The van der Waals surface area contributed by atoms with Crippen molar-refractivity contribution in [2.45, 2.75) is 31.1 Å². The van der Waals surface area contributed by atoms with Gasteiger partial charge in [0.05, 0.1) is 43.1 Å². The number of carbonyl (C=O) groups excluding carboxylic acids is 5. The first-order valence-corrected chi connectivity index (χ1v) is 15.4. The highest BCUT2D eigenvalue weighted by atomic mass is 16.5. The van der Waals surface area contributed by atoms with Crippen molar-refractivity contribution in [1.82, 2.24) is 9.91 Å². The number of hydrogen-bond donors (Lipinski definition) is 2. The van der Waals surface area contributed by atoms with Crippen molar-refractivity contribution in [3.05, 3.63) is 101 Å². The molecular weight excluding hydrogens is 602 g/mol. The van der Waals surface area contributed by atoms with E-state index in [1.807, 2.05) is 31.2 Å². The number of anilines is 1. The second kappa shape index (κ2) is 11.1. The van der Waals surface area contributed by atoms with Crippen LogP contribution < -0.4 is 10.2 Å². The lowest BCUT2D eigenvalue weighted by molar-refractivity contribution is -0.140. The molecule has 11 heteroatoms. The average Bonchev–Trinajstić information content (AvgIpc) is 3.46. The monoisotopic (exact) mass is 635 g/mol. The van der Waals surface area contributed by atoms with E-state index < -0.39 is 64.7 Å². The molecule has 0 bridgehead atoms. The molecule has 3 aromatic carbocycles. The summed E-state index contributed by atoms with van der Waals surface area (Å²) < 4.78 is 10.5. The fraction of sp³-hybridized carbons (Fsp3) is 0.306. The van der Waals surface area contributed by atoms with Crippen molar-refractivity contribution >= 4 is 35.4 Å². The minimum absolute atomic E-state index is 0.0407. The fourth-order valence-corrected chi connectivity index (χ4v) is 8.33. The molecular formula is C36H33N3O8. The number of nitrogens with zero attached hydrogens (tertiary/aromatic N) is 2. The minimum atomic E-state index is -1.58. The van der Waals surface area contributed by atoms with E-state index in [2.05, 4.69) is 5.43 Å². The topological polar surface area (TPSA) is 143 Å². The van der Waals surface area contributed by atoms with E-state index in [4.69, 9.17) is 9.47 Å². The number of likely N-dealkylation sites (tertiary alicyclic amines) is 1. The third-order valence-electron chi connectivity index (χ3n) is 10.3. The highest BCUT2D eigenvalue weighted by Crippen LogP contribution is 2.65. The number of hydrazine groups is 1. The van der Waals surface area contributed by atoms with E-state index in [1.54, 1.807) is 48.5 Å². The van der Waals surface area contributed by atoms with Crippen molar-refractivity contribution in [2.24, 2.45) is 23.7 Å². The number of methoxy groups -OCH3 is 2. The van der Waals surface area contributed by atoms with Crippen LogP contribution in [-0.2, 0) is 29.3 Å². The quantitative estimate of drug-likeness (QED) is 0.307. The Hall–Kier alpha value is -5.45. The van der Waals surface area contributed by atoms with Crippen molar-refractivity contribution in [3.8, 4) is 11.5 Å². The summed E-state index contributed by atoms with van der Waals surface area (Å²) >= 11 is 0. The fourth-order valence-electron chi connectivity index (χ4n) is 8.33. The number of rotatable bonds is 5. The summed E-state index contributed by atoms with van der Waals surface area (Å²) in [6.45, 7) is 1.93. The summed E-state index contributed by atoms with van der Waals surface area (Å²) in [4.78, 5) is 70.2. The number of aromatic hydroxyl groups is 1.